The lowest BCUT2D eigenvalue weighted by Crippen LogP contribution is -2.27. The highest BCUT2D eigenvalue weighted by molar-refractivity contribution is 7.99. The van der Waals surface area contributed by atoms with E-state index < -0.39 is 27.9 Å². The average molecular weight is 443 g/mol. The Labute approximate surface area is 172 Å². The first kappa shape index (κ1) is 22.6. The van der Waals surface area contributed by atoms with Crippen molar-refractivity contribution >= 4 is 45.3 Å². The standard InChI is InChI=1S/C16H22N6O5S2/c1-3-12(14(24)19-10-5-7-11(8-6-10)29(18,25)26)22-15(17)20-21-16(22)28-9-13(23)27-4-2/h5-8,12H,3-4,9H2,1-2H3,(H2,17,20)(H,19,24)(H2,18,25,26). The fourth-order valence-electron chi connectivity index (χ4n) is 2.44. The highest BCUT2D eigenvalue weighted by Crippen LogP contribution is 2.26. The fraction of sp³-hybridized carbons (Fsp3) is 0.375. The lowest BCUT2D eigenvalue weighted by Gasteiger charge is -2.19. The Hall–Kier alpha value is -2.64. The van der Waals surface area contributed by atoms with Crippen molar-refractivity contribution < 1.29 is 22.7 Å². The quantitative estimate of drug-likeness (QED) is 0.374. The maximum Gasteiger partial charge on any atom is 0.316 e. The van der Waals surface area contributed by atoms with Gasteiger partial charge in [-0.2, -0.15) is 0 Å². The molecule has 1 aromatic heterocycles. The van der Waals surface area contributed by atoms with Crippen molar-refractivity contribution in [2.24, 2.45) is 5.14 Å². The second-order valence-corrected chi connectivity index (χ2v) is 8.29. The number of primary sulfonamides is 1. The summed E-state index contributed by atoms with van der Waals surface area (Å²) in [5.41, 5.74) is 6.26. The molecule has 5 N–H and O–H groups in total. The average Bonchev–Trinajstić information content (AvgIpc) is 3.01. The number of nitrogens with zero attached hydrogens (tertiary/aromatic N) is 3. The van der Waals surface area contributed by atoms with Crippen molar-refractivity contribution in [3.8, 4) is 0 Å². The molecule has 0 aliphatic carbocycles. The Morgan fingerprint density at radius 3 is 2.45 bits per heavy atom. The van der Waals surface area contributed by atoms with E-state index in [4.69, 9.17) is 15.6 Å². The number of amides is 1. The highest BCUT2D eigenvalue weighted by atomic mass is 32.2. The smallest absolute Gasteiger partial charge is 0.316 e. The van der Waals surface area contributed by atoms with Gasteiger partial charge in [0.25, 0.3) is 0 Å². The third-order valence-corrected chi connectivity index (χ3v) is 5.61. The molecule has 1 amide bonds. The SMILES string of the molecule is CCOC(=O)CSc1nnc(N)n1C(CC)C(=O)Nc1ccc(S(N)(=O)=O)cc1. The number of thioether (sulfide) groups is 1. The van der Waals surface area contributed by atoms with Gasteiger partial charge < -0.3 is 15.8 Å². The van der Waals surface area contributed by atoms with E-state index in [1.165, 1.54) is 28.8 Å². The van der Waals surface area contributed by atoms with Crippen LogP contribution in [0.4, 0.5) is 11.6 Å². The third-order valence-electron chi connectivity index (χ3n) is 3.77. The predicted molar refractivity (Wildman–Crippen MR) is 108 cm³/mol. The molecule has 158 valence electrons. The van der Waals surface area contributed by atoms with Crippen LogP contribution in [-0.2, 0) is 24.3 Å². The van der Waals surface area contributed by atoms with Crippen LogP contribution in [0.5, 0.6) is 0 Å². The molecule has 2 rings (SSSR count). The van der Waals surface area contributed by atoms with Crippen LogP contribution in [0, 0.1) is 0 Å². The van der Waals surface area contributed by atoms with Gasteiger partial charge in [-0.15, -0.1) is 10.2 Å². The van der Waals surface area contributed by atoms with Crippen LogP contribution < -0.4 is 16.2 Å². The zero-order chi connectivity index (χ0) is 21.6. The van der Waals surface area contributed by atoms with E-state index in [1.807, 2.05) is 0 Å². The largest absolute Gasteiger partial charge is 0.465 e. The van der Waals surface area contributed by atoms with Crippen molar-refractivity contribution in [1.29, 1.82) is 0 Å². The van der Waals surface area contributed by atoms with Gasteiger partial charge in [-0.3, -0.25) is 14.2 Å². The van der Waals surface area contributed by atoms with Gasteiger partial charge in [0.1, 0.15) is 6.04 Å². The molecule has 0 bridgehead atoms. The van der Waals surface area contributed by atoms with E-state index in [2.05, 4.69) is 15.5 Å². The number of carbonyl (C=O) groups excluding carboxylic acids is 2. The Balaban J connectivity index is 2.17. The Morgan fingerprint density at radius 1 is 1.24 bits per heavy atom. The minimum atomic E-state index is -3.82. The normalized spacial score (nSPS) is 12.4. The maximum atomic E-state index is 12.8. The molecule has 1 unspecified atom stereocenters. The fourth-order valence-corrected chi connectivity index (χ4v) is 3.75. The first-order chi connectivity index (χ1) is 13.7. The van der Waals surface area contributed by atoms with Gasteiger partial charge in [-0.05, 0) is 37.6 Å². The number of hydrogen-bond acceptors (Lipinski definition) is 9. The zero-order valence-corrected chi connectivity index (χ0v) is 17.5. The maximum absolute atomic E-state index is 12.8. The zero-order valence-electron chi connectivity index (χ0n) is 15.9. The number of nitrogens with one attached hydrogen (secondary N) is 1. The summed E-state index contributed by atoms with van der Waals surface area (Å²) in [6, 6.07) is 4.69. The Bertz CT molecular complexity index is 974. The molecule has 0 aliphatic heterocycles. The number of sulfonamides is 1. The van der Waals surface area contributed by atoms with Crippen molar-refractivity contribution in [3.05, 3.63) is 24.3 Å². The topological polar surface area (TPSA) is 172 Å². The number of anilines is 2. The Kier molecular flexibility index (Phi) is 7.59. The van der Waals surface area contributed by atoms with Crippen LogP contribution in [0.15, 0.2) is 34.3 Å². The number of aromatic nitrogens is 3. The molecule has 0 saturated carbocycles. The summed E-state index contributed by atoms with van der Waals surface area (Å²) in [5.74, 6) is -0.791. The summed E-state index contributed by atoms with van der Waals surface area (Å²) in [5, 5.41) is 15.8. The van der Waals surface area contributed by atoms with Gasteiger partial charge in [0.05, 0.1) is 17.3 Å². The minimum Gasteiger partial charge on any atom is -0.465 e. The molecule has 13 heteroatoms. The van der Waals surface area contributed by atoms with E-state index in [0.717, 1.165) is 11.8 Å². The third kappa shape index (κ3) is 5.92. The molecule has 0 saturated heterocycles. The van der Waals surface area contributed by atoms with Crippen molar-refractivity contribution in [2.75, 3.05) is 23.4 Å². The van der Waals surface area contributed by atoms with Gasteiger partial charge in [0, 0.05) is 5.69 Å². The number of nitrogen functional groups attached to an aromatic ring is 1. The highest BCUT2D eigenvalue weighted by Gasteiger charge is 2.25. The van der Waals surface area contributed by atoms with Crippen molar-refractivity contribution in [2.45, 2.75) is 36.4 Å². The monoisotopic (exact) mass is 442 g/mol. The molecule has 11 nitrogen and oxygen atoms in total. The second kappa shape index (κ2) is 9.71. The first-order valence-electron chi connectivity index (χ1n) is 8.59. The molecular formula is C16H22N6O5S2. The van der Waals surface area contributed by atoms with Crippen LogP contribution >= 0.6 is 11.8 Å². The summed E-state index contributed by atoms with van der Waals surface area (Å²) >= 11 is 1.06. The number of carbonyl (C=O) groups is 2. The molecule has 1 heterocycles. The van der Waals surface area contributed by atoms with Crippen LogP contribution in [-0.4, -0.2) is 47.4 Å². The first-order valence-corrected chi connectivity index (χ1v) is 11.1. The van der Waals surface area contributed by atoms with E-state index in [-0.39, 0.29) is 23.2 Å². The minimum absolute atomic E-state index is 0.000941. The van der Waals surface area contributed by atoms with E-state index >= 15 is 0 Å². The lowest BCUT2D eigenvalue weighted by atomic mass is 10.2. The van der Waals surface area contributed by atoms with Gasteiger partial charge in [-0.1, -0.05) is 18.7 Å². The van der Waals surface area contributed by atoms with E-state index in [0.29, 0.717) is 17.3 Å². The van der Waals surface area contributed by atoms with Crippen LogP contribution in [0.3, 0.4) is 0 Å². The Morgan fingerprint density at radius 2 is 1.90 bits per heavy atom. The van der Waals surface area contributed by atoms with E-state index in [1.54, 1.807) is 13.8 Å². The van der Waals surface area contributed by atoms with Gasteiger partial charge in [-0.25, -0.2) is 13.6 Å². The molecule has 29 heavy (non-hydrogen) atoms. The van der Waals surface area contributed by atoms with Crippen LogP contribution in [0.25, 0.3) is 0 Å². The summed E-state index contributed by atoms with van der Waals surface area (Å²) in [6.07, 6.45) is 0.371. The molecule has 0 spiro atoms. The van der Waals surface area contributed by atoms with Gasteiger partial charge >= 0.3 is 5.97 Å². The molecule has 0 radical (unpaired) electrons. The van der Waals surface area contributed by atoms with Crippen LogP contribution in [0.1, 0.15) is 26.3 Å². The summed E-state index contributed by atoms with van der Waals surface area (Å²) in [7, 11) is -3.82. The molecule has 0 aliphatic rings. The van der Waals surface area contributed by atoms with Crippen molar-refractivity contribution in [3.63, 3.8) is 0 Å². The van der Waals surface area contributed by atoms with Gasteiger partial charge in [0.15, 0.2) is 5.16 Å². The number of esters is 1. The molecule has 0 fully saturated rings. The van der Waals surface area contributed by atoms with Gasteiger partial charge in [0.2, 0.25) is 21.9 Å². The number of hydrogen-bond donors (Lipinski definition) is 3. The number of nitrogens with two attached hydrogens (primary N) is 2. The number of ether oxygens (including phenoxy) is 1. The van der Waals surface area contributed by atoms with Crippen molar-refractivity contribution in [1.82, 2.24) is 14.8 Å². The summed E-state index contributed by atoms with van der Waals surface area (Å²) in [6.45, 7) is 3.75. The summed E-state index contributed by atoms with van der Waals surface area (Å²) < 4.78 is 29.0. The molecule has 1 aromatic carbocycles. The molecule has 2 aromatic rings. The van der Waals surface area contributed by atoms with E-state index in [9.17, 15) is 18.0 Å². The van der Waals surface area contributed by atoms with Crippen LogP contribution in [0.2, 0.25) is 0 Å². The number of benzene rings is 1. The second-order valence-electron chi connectivity index (χ2n) is 5.79. The summed E-state index contributed by atoms with van der Waals surface area (Å²) in [4.78, 5) is 24.3. The number of rotatable bonds is 9. The molecular weight excluding hydrogens is 420 g/mol. The molecule has 1 atom stereocenters. The lowest BCUT2D eigenvalue weighted by molar-refractivity contribution is -0.139. The predicted octanol–water partition coefficient (Wildman–Crippen LogP) is 0.753.